The van der Waals surface area contributed by atoms with Crippen molar-refractivity contribution < 1.29 is 14.3 Å². The lowest BCUT2D eigenvalue weighted by atomic mass is 9.87. The van der Waals surface area contributed by atoms with Crippen LogP contribution in [0.4, 0.5) is 4.79 Å². The highest BCUT2D eigenvalue weighted by Gasteiger charge is 2.50. The molecular weight excluding hydrogens is 416 g/mol. The highest BCUT2D eigenvalue weighted by Crippen LogP contribution is 2.51. The first-order chi connectivity index (χ1) is 15.7. The summed E-state index contributed by atoms with van der Waals surface area (Å²) >= 11 is 0. The summed E-state index contributed by atoms with van der Waals surface area (Å²) in [7, 11) is 0. The number of benzene rings is 1. The van der Waals surface area contributed by atoms with Gasteiger partial charge in [0.2, 0.25) is 5.91 Å². The molecule has 3 amide bonds. The number of ether oxygens (including phenoxy) is 1. The zero-order chi connectivity index (χ0) is 23.3. The summed E-state index contributed by atoms with van der Waals surface area (Å²) in [4.78, 5) is 30.0. The second-order valence-electron chi connectivity index (χ2n) is 11.1. The van der Waals surface area contributed by atoms with E-state index >= 15 is 0 Å². The second kappa shape index (κ2) is 8.26. The number of nitrogens with zero attached hydrogens (tertiary/aromatic N) is 2. The van der Waals surface area contributed by atoms with E-state index in [9.17, 15) is 9.59 Å². The average Bonchev–Trinajstić information content (AvgIpc) is 3.68. The van der Waals surface area contributed by atoms with Crippen molar-refractivity contribution in [2.45, 2.75) is 58.0 Å². The standard InChI is InChI=1S/C26H36N4O3/c1-26(2,3)28-25(32)29-11-12-30-20(14-29)22(24(27)31)21(23(30)17-9-10-17)18-5-4-6-19(13-18)33-15-16-7-8-16/h4-6,13,16-17,20,22H,7-12,14-15H2,1-3H3,(H2,27,31)(H,28,32). The number of allylic oxidation sites excluding steroid dienone is 1. The summed E-state index contributed by atoms with van der Waals surface area (Å²) < 4.78 is 6.04. The third-order valence-corrected chi connectivity index (χ3v) is 7.07. The van der Waals surface area contributed by atoms with Crippen LogP contribution in [0.2, 0.25) is 0 Å². The molecule has 178 valence electrons. The predicted octanol–water partition coefficient (Wildman–Crippen LogP) is 3.21. The largest absolute Gasteiger partial charge is 0.493 e. The van der Waals surface area contributed by atoms with Crippen molar-refractivity contribution in [3.05, 3.63) is 35.5 Å². The van der Waals surface area contributed by atoms with Crippen LogP contribution < -0.4 is 15.8 Å². The molecule has 1 aromatic carbocycles. The van der Waals surface area contributed by atoms with E-state index in [4.69, 9.17) is 10.5 Å². The summed E-state index contributed by atoms with van der Waals surface area (Å²) in [5.41, 5.74) is 9.06. The number of carbonyl (C=O) groups excluding carboxylic acids is 2. The Hall–Kier alpha value is -2.70. The van der Waals surface area contributed by atoms with Gasteiger partial charge in [0.15, 0.2) is 0 Å². The minimum atomic E-state index is -0.440. The first-order valence-corrected chi connectivity index (χ1v) is 12.3. The maximum absolute atomic E-state index is 12.9. The number of fused-ring (bicyclic) bond motifs is 1. The fourth-order valence-electron chi connectivity index (χ4n) is 5.21. The number of rotatable bonds is 6. The lowest BCUT2D eigenvalue weighted by molar-refractivity contribution is -0.121. The normalized spacial score (nSPS) is 25.2. The Morgan fingerprint density at radius 3 is 2.55 bits per heavy atom. The molecule has 2 heterocycles. The second-order valence-corrected chi connectivity index (χ2v) is 11.1. The van der Waals surface area contributed by atoms with E-state index in [1.807, 2.05) is 37.8 Å². The molecule has 1 aromatic rings. The van der Waals surface area contributed by atoms with Crippen LogP contribution >= 0.6 is 0 Å². The van der Waals surface area contributed by atoms with Gasteiger partial charge in [-0.15, -0.1) is 0 Å². The Morgan fingerprint density at radius 2 is 1.91 bits per heavy atom. The molecule has 5 rings (SSSR count). The van der Waals surface area contributed by atoms with Gasteiger partial charge in [0.05, 0.1) is 18.6 Å². The Labute approximate surface area is 196 Å². The maximum Gasteiger partial charge on any atom is 0.317 e. The first-order valence-electron chi connectivity index (χ1n) is 12.3. The van der Waals surface area contributed by atoms with Crippen LogP contribution in [0.25, 0.3) is 5.57 Å². The summed E-state index contributed by atoms with van der Waals surface area (Å²) in [5.74, 6) is 1.24. The summed E-state index contributed by atoms with van der Waals surface area (Å²) in [5, 5.41) is 3.06. The van der Waals surface area contributed by atoms with E-state index in [-0.39, 0.29) is 23.5 Å². The Balaban J connectivity index is 1.44. The van der Waals surface area contributed by atoms with Crippen LogP contribution in [-0.4, -0.2) is 59.6 Å². The molecule has 7 nitrogen and oxygen atoms in total. The summed E-state index contributed by atoms with van der Waals surface area (Å²) in [6.45, 7) is 8.54. The van der Waals surface area contributed by atoms with Crippen LogP contribution in [0.5, 0.6) is 5.75 Å². The quantitative estimate of drug-likeness (QED) is 0.694. The van der Waals surface area contributed by atoms with E-state index in [1.165, 1.54) is 18.5 Å². The van der Waals surface area contributed by atoms with Gasteiger partial charge in [0.25, 0.3) is 0 Å². The average molecular weight is 453 g/mol. The van der Waals surface area contributed by atoms with E-state index in [1.54, 1.807) is 0 Å². The topological polar surface area (TPSA) is 87.9 Å². The molecule has 3 fully saturated rings. The maximum atomic E-state index is 12.9. The first kappa shape index (κ1) is 22.1. The minimum absolute atomic E-state index is 0.0812. The highest BCUT2D eigenvalue weighted by atomic mass is 16.5. The van der Waals surface area contributed by atoms with Crippen LogP contribution in [0.3, 0.4) is 0 Å². The van der Waals surface area contributed by atoms with E-state index in [0.717, 1.165) is 42.9 Å². The molecule has 0 radical (unpaired) electrons. The summed E-state index contributed by atoms with van der Waals surface area (Å²) in [6.07, 6.45) is 4.77. The van der Waals surface area contributed by atoms with Gasteiger partial charge >= 0.3 is 6.03 Å². The third kappa shape index (κ3) is 4.68. The zero-order valence-corrected chi connectivity index (χ0v) is 20.0. The zero-order valence-electron chi connectivity index (χ0n) is 20.0. The number of primary amides is 1. The molecule has 2 atom stereocenters. The molecule has 2 aliphatic carbocycles. The Bertz CT molecular complexity index is 974. The molecule has 7 heteroatoms. The van der Waals surface area contributed by atoms with E-state index < -0.39 is 5.92 Å². The molecule has 2 unspecified atom stereocenters. The Kier molecular flexibility index (Phi) is 5.53. The molecule has 3 N–H and O–H groups in total. The summed E-state index contributed by atoms with van der Waals surface area (Å²) in [6, 6.07) is 7.93. The number of urea groups is 1. The van der Waals surface area contributed by atoms with Crippen molar-refractivity contribution in [1.29, 1.82) is 0 Å². The number of nitrogens with two attached hydrogens (primary N) is 1. The van der Waals surface area contributed by atoms with Crippen molar-refractivity contribution in [2.24, 2.45) is 23.5 Å². The van der Waals surface area contributed by atoms with Crippen molar-refractivity contribution in [3.8, 4) is 5.75 Å². The minimum Gasteiger partial charge on any atom is -0.493 e. The number of piperazine rings is 1. The molecular formula is C26H36N4O3. The van der Waals surface area contributed by atoms with Crippen molar-refractivity contribution >= 4 is 17.5 Å². The van der Waals surface area contributed by atoms with Gasteiger partial charge in [-0.2, -0.15) is 0 Å². The van der Waals surface area contributed by atoms with Gasteiger partial charge < -0.3 is 25.6 Å². The van der Waals surface area contributed by atoms with Gasteiger partial charge in [0, 0.05) is 30.9 Å². The molecule has 1 saturated heterocycles. The van der Waals surface area contributed by atoms with Crippen LogP contribution in [0, 0.1) is 17.8 Å². The molecule has 4 aliphatic rings. The highest BCUT2D eigenvalue weighted by molar-refractivity contribution is 5.95. The van der Waals surface area contributed by atoms with Crippen molar-refractivity contribution in [2.75, 3.05) is 26.2 Å². The van der Waals surface area contributed by atoms with E-state index in [0.29, 0.717) is 24.9 Å². The van der Waals surface area contributed by atoms with Gasteiger partial charge in [-0.1, -0.05) is 12.1 Å². The van der Waals surface area contributed by atoms with Crippen LogP contribution in [-0.2, 0) is 4.79 Å². The molecule has 2 aliphatic heterocycles. The third-order valence-electron chi connectivity index (χ3n) is 7.07. The number of amides is 3. The van der Waals surface area contributed by atoms with Crippen molar-refractivity contribution in [3.63, 3.8) is 0 Å². The predicted molar refractivity (Wildman–Crippen MR) is 127 cm³/mol. The lowest BCUT2D eigenvalue weighted by Gasteiger charge is -2.42. The SMILES string of the molecule is CC(C)(C)NC(=O)N1CCN2C(C3CC3)=C(c3cccc(OCC4CC4)c3)C(C(N)=O)C2C1. The molecule has 0 spiro atoms. The van der Waals surface area contributed by atoms with Gasteiger partial charge in [-0.25, -0.2) is 4.79 Å². The Morgan fingerprint density at radius 1 is 1.15 bits per heavy atom. The fourth-order valence-corrected chi connectivity index (χ4v) is 5.21. The number of nitrogens with one attached hydrogen (secondary N) is 1. The van der Waals surface area contributed by atoms with Gasteiger partial charge in [-0.3, -0.25) is 4.79 Å². The number of carbonyl (C=O) groups is 2. The smallest absolute Gasteiger partial charge is 0.317 e. The van der Waals surface area contributed by atoms with E-state index in [2.05, 4.69) is 22.3 Å². The van der Waals surface area contributed by atoms with Crippen LogP contribution in [0.1, 0.15) is 52.0 Å². The van der Waals surface area contributed by atoms with Crippen LogP contribution in [0.15, 0.2) is 30.0 Å². The number of hydrogen-bond donors (Lipinski definition) is 2. The molecule has 0 bridgehead atoms. The monoisotopic (exact) mass is 452 g/mol. The molecule has 2 saturated carbocycles. The van der Waals surface area contributed by atoms with Crippen molar-refractivity contribution in [1.82, 2.24) is 15.1 Å². The van der Waals surface area contributed by atoms with Gasteiger partial charge in [-0.05, 0) is 81.6 Å². The molecule has 0 aromatic heterocycles. The molecule has 33 heavy (non-hydrogen) atoms. The lowest BCUT2D eigenvalue weighted by Crippen LogP contribution is -2.59. The fraction of sp³-hybridized carbons (Fsp3) is 0.615. The number of hydrogen-bond acceptors (Lipinski definition) is 4. The van der Waals surface area contributed by atoms with Gasteiger partial charge in [0.1, 0.15) is 5.75 Å².